The van der Waals surface area contributed by atoms with Gasteiger partial charge in [0.1, 0.15) is 5.82 Å². The normalized spacial score (nSPS) is 9.43. The van der Waals surface area contributed by atoms with Gasteiger partial charge in [-0.2, -0.15) is 5.10 Å². The van der Waals surface area contributed by atoms with E-state index in [-0.39, 0.29) is 0 Å². The fourth-order valence-corrected chi connectivity index (χ4v) is 1.06. The first-order valence-corrected chi connectivity index (χ1v) is 4.80. The van der Waals surface area contributed by atoms with Crippen molar-refractivity contribution in [3.05, 3.63) is 17.8 Å². The Morgan fingerprint density at radius 3 is 2.86 bits per heavy atom. The molecule has 1 rings (SSSR count). The van der Waals surface area contributed by atoms with E-state index in [1.54, 1.807) is 0 Å². The zero-order chi connectivity index (χ0) is 10.2. The summed E-state index contributed by atoms with van der Waals surface area (Å²) in [5.74, 6) is 3.45. The highest BCUT2D eigenvalue weighted by Crippen LogP contribution is 2.01. The maximum absolute atomic E-state index is 5.15. The van der Waals surface area contributed by atoms with E-state index in [4.69, 9.17) is 6.42 Å². The van der Waals surface area contributed by atoms with Gasteiger partial charge >= 0.3 is 0 Å². The molecule has 3 heteroatoms. The molecular weight excluding hydrogens is 174 g/mol. The van der Waals surface area contributed by atoms with Gasteiger partial charge < -0.3 is 5.32 Å². The lowest BCUT2D eigenvalue weighted by atomic mass is 10.2. The van der Waals surface area contributed by atoms with Crippen molar-refractivity contribution in [3.63, 3.8) is 0 Å². The first-order valence-electron chi connectivity index (χ1n) is 4.80. The Bertz CT molecular complexity index is 297. The Kier molecular flexibility index (Phi) is 4.49. The first kappa shape index (κ1) is 10.5. The number of hydrogen-bond acceptors (Lipinski definition) is 3. The summed E-state index contributed by atoms with van der Waals surface area (Å²) in [7, 11) is 0. The van der Waals surface area contributed by atoms with Crippen LogP contribution in [0, 0.1) is 19.3 Å². The minimum atomic E-state index is 0.830. The Morgan fingerprint density at radius 1 is 1.36 bits per heavy atom. The van der Waals surface area contributed by atoms with Gasteiger partial charge in [0.05, 0.1) is 5.69 Å². The van der Waals surface area contributed by atoms with Gasteiger partial charge in [0.25, 0.3) is 0 Å². The molecule has 0 fully saturated rings. The highest BCUT2D eigenvalue weighted by Gasteiger charge is 1.93. The average molecular weight is 189 g/mol. The number of aromatic nitrogens is 2. The van der Waals surface area contributed by atoms with Crippen LogP contribution in [0.3, 0.4) is 0 Å². The second-order valence-corrected chi connectivity index (χ2v) is 3.15. The van der Waals surface area contributed by atoms with Gasteiger partial charge in [-0.15, -0.1) is 17.4 Å². The fraction of sp³-hybridized carbons (Fsp3) is 0.455. The zero-order valence-electron chi connectivity index (χ0n) is 8.45. The molecular formula is C11H15N3. The molecule has 0 aliphatic heterocycles. The summed E-state index contributed by atoms with van der Waals surface area (Å²) < 4.78 is 0. The number of terminal acetylenes is 1. The number of unbranched alkanes of at least 4 members (excludes halogenated alkanes) is 2. The SMILES string of the molecule is C#CCCCCNc1ccc(C)nn1. The van der Waals surface area contributed by atoms with Crippen LogP contribution >= 0.6 is 0 Å². The van der Waals surface area contributed by atoms with Gasteiger partial charge in [0.15, 0.2) is 0 Å². The molecule has 0 saturated carbocycles. The second-order valence-electron chi connectivity index (χ2n) is 3.15. The standard InChI is InChI=1S/C11H15N3/c1-3-4-5-6-9-12-11-8-7-10(2)13-14-11/h1,7-8H,4-6,9H2,2H3,(H,12,14). The third-order valence-corrected chi connectivity index (χ3v) is 1.85. The van der Waals surface area contributed by atoms with Crippen LogP contribution in [0.1, 0.15) is 25.0 Å². The monoisotopic (exact) mass is 189 g/mol. The fourth-order valence-electron chi connectivity index (χ4n) is 1.06. The molecule has 0 saturated heterocycles. The Balaban J connectivity index is 2.19. The van der Waals surface area contributed by atoms with Crippen LogP contribution < -0.4 is 5.32 Å². The highest BCUT2D eigenvalue weighted by molar-refractivity contribution is 5.32. The van der Waals surface area contributed by atoms with Crippen molar-refractivity contribution in [2.24, 2.45) is 0 Å². The van der Waals surface area contributed by atoms with Crippen molar-refractivity contribution in [2.45, 2.75) is 26.2 Å². The zero-order valence-corrected chi connectivity index (χ0v) is 8.45. The maximum Gasteiger partial charge on any atom is 0.148 e. The third kappa shape index (κ3) is 3.90. The molecule has 0 bridgehead atoms. The summed E-state index contributed by atoms with van der Waals surface area (Å²) in [5.41, 5.74) is 0.933. The molecule has 74 valence electrons. The van der Waals surface area contributed by atoms with Crippen molar-refractivity contribution < 1.29 is 0 Å². The third-order valence-electron chi connectivity index (χ3n) is 1.85. The molecule has 14 heavy (non-hydrogen) atoms. The van der Waals surface area contributed by atoms with Crippen LogP contribution in [-0.4, -0.2) is 16.7 Å². The van der Waals surface area contributed by atoms with Crippen molar-refractivity contribution in [3.8, 4) is 12.3 Å². The predicted octanol–water partition coefficient (Wildman–Crippen LogP) is 2.00. The lowest BCUT2D eigenvalue weighted by Crippen LogP contribution is -2.04. The number of hydrogen-bond donors (Lipinski definition) is 1. The summed E-state index contributed by atoms with van der Waals surface area (Å²) in [6.45, 7) is 2.82. The summed E-state index contributed by atoms with van der Waals surface area (Å²) in [6.07, 6.45) is 8.12. The number of anilines is 1. The lowest BCUT2D eigenvalue weighted by molar-refractivity contribution is 0.784. The molecule has 1 heterocycles. The van der Waals surface area contributed by atoms with Crippen molar-refractivity contribution >= 4 is 5.82 Å². The van der Waals surface area contributed by atoms with Crippen LogP contribution in [0.2, 0.25) is 0 Å². The van der Waals surface area contributed by atoms with Crippen molar-refractivity contribution in [1.29, 1.82) is 0 Å². The Morgan fingerprint density at radius 2 is 2.21 bits per heavy atom. The van der Waals surface area contributed by atoms with Crippen LogP contribution in [0.5, 0.6) is 0 Å². The number of aryl methyl sites for hydroxylation is 1. The van der Waals surface area contributed by atoms with Crippen molar-refractivity contribution in [2.75, 3.05) is 11.9 Å². The largest absolute Gasteiger partial charge is 0.369 e. The van der Waals surface area contributed by atoms with E-state index in [9.17, 15) is 0 Å². The summed E-state index contributed by atoms with van der Waals surface area (Å²) in [5, 5.41) is 11.1. The molecule has 1 aromatic rings. The van der Waals surface area contributed by atoms with Crippen LogP contribution in [0.4, 0.5) is 5.82 Å². The Labute approximate surface area is 84.9 Å². The van der Waals surface area contributed by atoms with E-state index in [2.05, 4.69) is 21.4 Å². The summed E-state index contributed by atoms with van der Waals surface area (Å²) in [4.78, 5) is 0. The van der Waals surface area contributed by atoms with Gasteiger partial charge in [-0.05, 0) is 31.9 Å². The first-order chi connectivity index (χ1) is 6.83. The van der Waals surface area contributed by atoms with Gasteiger partial charge in [-0.25, -0.2) is 0 Å². The highest BCUT2D eigenvalue weighted by atomic mass is 15.2. The van der Waals surface area contributed by atoms with Crippen LogP contribution in [0.25, 0.3) is 0 Å². The predicted molar refractivity (Wildman–Crippen MR) is 57.9 cm³/mol. The van der Waals surface area contributed by atoms with Gasteiger partial charge in [-0.1, -0.05) is 0 Å². The molecule has 0 radical (unpaired) electrons. The maximum atomic E-state index is 5.15. The second kappa shape index (κ2) is 5.98. The molecule has 0 amide bonds. The van der Waals surface area contributed by atoms with E-state index < -0.39 is 0 Å². The molecule has 1 N–H and O–H groups in total. The molecule has 0 unspecified atom stereocenters. The van der Waals surface area contributed by atoms with E-state index in [0.717, 1.165) is 37.3 Å². The van der Waals surface area contributed by atoms with Gasteiger partial charge in [-0.3, -0.25) is 0 Å². The minimum Gasteiger partial charge on any atom is -0.369 e. The smallest absolute Gasteiger partial charge is 0.148 e. The quantitative estimate of drug-likeness (QED) is 0.568. The van der Waals surface area contributed by atoms with Gasteiger partial charge in [0, 0.05) is 13.0 Å². The lowest BCUT2D eigenvalue weighted by Gasteiger charge is -2.03. The van der Waals surface area contributed by atoms with E-state index in [0.29, 0.717) is 0 Å². The molecule has 0 atom stereocenters. The summed E-state index contributed by atoms with van der Waals surface area (Å²) >= 11 is 0. The van der Waals surface area contributed by atoms with E-state index in [1.165, 1.54) is 0 Å². The van der Waals surface area contributed by atoms with Gasteiger partial charge in [0.2, 0.25) is 0 Å². The van der Waals surface area contributed by atoms with Crippen LogP contribution in [0.15, 0.2) is 12.1 Å². The topological polar surface area (TPSA) is 37.8 Å². The summed E-state index contributed by atoms with van der Waals surface area (Å²) in [6, 6.07) is 3.88. The molecule has 3 nitrogen and oxygen atoms in total. The van der Waals surface area contributed by atoms with E-state index in [1.807, 2.05) is 19.1 Å². The molecule has 0 aliphatic carbocycles. The minimum absolute atomic E-state index is 0.830. The Hall–Kier alpha value is -1.56. The molecule has 0 spiro atoms. The molecule has 0 aliphatic rings. The van der Waals surface area contributed by atoms with Crippen molar-refractivity contribution in [1.82, 2.24) is 10.2 Å². The number of nitrogens with one attached hydrogen (secondary N) is 1. The average Bonchev–Trinajstić information content (AvgIpc) is 2.21. The number of rotatable bonds is 5. The van der Waals surface area contributed by atoms with Crippen LogP contribution in [-0.2, 0) is 0 Å². The molecule has 0 aromatic carbocycles. The number of nitrogens with zero attached hydrogens (tertiary/aromatic N) is 2. The molecule has 1 aromatic heterocycles. The van der Waals surface area contributed by atoms with E-state index >= 15 is 0 Å².